The van der Waals surface area contributed by atoms with Gasteiger partial charge in [0.2, 0.25) is 0 Å². The van der Waals surface area contributed by atoms with Gasteiger partial charge in [0, 0.05) is 25.7 Å². The number of nitrogens with zero attached hydrogens (tertiary/aromatic N) is 1. The van der Waals surface area contributed by atoms with Crippen molar-refractivity contribution in [3.8, 4) is 0 Å². The van der Waals surface area contributed by atoms with Gasteiger partial charge in [-0.25, -0.2) is 9.59 Å². The molecule has 0 aromatic heterocycles. The first-order chi connectivity index (χ1) is 12.1. The molecule has 1 amide bonds. The third-order valence-corrected chi connectivity index (χ3v) is 3.84. The van der Waals surface area contributed by atoms with Crippen molar-refractivity contribution in [3.05, 3.63) is 29.8 Å². The molecule has 1 aromatic rings. The van der Waals surface area contributed by atoms with Gasteiger partial charge in [-0.1, -0.05) is 18.2 Å². The number of likely N-dealkylation sites (N-methyl/N-ethyl adjacent to an activating group) is 1. The minimum absolute atomic E-state index is 0.123. The average molecular weight is 381 g/mol. The number of anilines is 1. The molecule has 1 rings (SSSR count). The molecule has 1 unspecified atom stereocenters. The highest BCUT2D eigenvalue weighted by atomic mass is 32.1. The molecule has 1 aromatic carbocycles. The van der Waals surface area contributed by atoms with E-state index in [0.29, 0.717) is 10.8 Å². The Morgan fingerprint density at radius 1 is 1.31 bits per heavy atom. The lowest BCUT2D eigenvalue weighted by molar-refractivity contribution is -0.143. The van der Waals surface area contributed by atoms with Crippen molar-refractivity contribution in [1.82, 2.24) is 10.2 Å². The Kier molecular flexibility index (Phi) is 7.82. The Bertz CT molecular complexity index is 658. The second-order valence-corrected chi connectivity index (χ2v) is 7.09. The maximum atomic E-state index is 12.4. The number of carboxylic acid groups (broad SMARTS) is 1. The number of aliphatic carboxylic acids is 1. The third kappa shape index (κ3) is 6.51. The third-order valence-electron chi connectivity index (χ3n) is 3.54. The molecule has 0 saturated carbocycles. The molecule has 144 valence electrons. The summed E-state index contributed by atoms with van der Waals surface area (Å²) in [6.45, 7) is 7.17. The summed E-state index contributed by atoms with van der Waals surface area (Å²) in [5.41, 5.74) is 0.726. The fraction of sp³-hybridized carbons (Fsp3) is 0.500. The molecule has 0 aliphatic heterocycles. The number of carboxylic acids is 1. The molecule has 0 aliphatic carbocycles. The summed E-state index contributed by atoms with van der Waals surface area (Å²) in [5, 5.41) is 16.0. The van der Waals surface area contributed by atoms with E-state index in [1.165, 1.54) is 4.90 Å². The number of rotatable bonds is 6. The maximum absolute atomic E-state index is 12.4. The standard InChI is InChI=1S/C18H27N3O4S/c1-6-21(17(24)25-18(2,3)4)14(15(22)23)11-12-9-7-8-10-13(12)20-16(26)19-5/h7-10,14H,6,11H2,1-5H3,(H,22,23)(H2,19,20,26). The van der Waals surface area contributed by atoms with Gasteiger partial charge in [-0.2, -0.15) is 0 Å². The van der Waals surface area contributed by atoms with Gasteiger partial charge in [-0.15, -0.1) is 0 Å². The summed E-state index contributed by atoms with van der Waals surface area (Å²) in [6.07, 6.45) is -0.527. The van der Waals surface area contributed by atoms with Crippen LogP contribution >= 0.6 is 12.2 Å². The minimum Gasteiger partial charge on any atom is -0.480 e. The first kappa shape index (κ1) is 21.7. The molecule has 0 radical (unpaired) electrons. The Morgan fingerprint density at radius 2 is 1.92 bits per heavy atom. The fourth-order valence-electron chi connectivity index (χ4n) is 2.34. The molecule has 0 spiro atoms. The summed E-state index contributed by atoms with van der Waals surface area (Å²) < 4.78 is 5.35. The van der Waals surface area contributed by atoms with Crippen LogP contribution in [0, 0.1) is 0 Å². The zero-order valence-electron chi connectivity index (χ0n) is 15.8. The number of hydrogen-bond donors (Lipinski definition) is 3. The van der Waals surface area contributed by atoms with Crippen LogP contribution < -0.4 is 10.6 Å². The first-order valence-electron chi connectivity index (χ1n) is 8.38. The molecule has 0 aliphatic rings. The van der Waals surface area contributed by atoms with E-state index in [1.54, 1.807) is 40.8 Å². The Balaban J connectivity index is 3.10. The summed E-state index contributed by atoms with van der Waals surface area (Å²) in [5.74, 6) is -1.09. The number of carbonyl (C=O) groups excluding carboxylic acids is 1. The van der Waals surface area contributed by atoms with Gasteiger partial charge in [0.25, 0.3) is 0 Å². The average Bonchev–Trinajstić information content (AvgIpc) is 2.54. The van der Waals surface area contributed by atoms with Crippen molar-refractivity contribution < 1.29 is 19.4 Å². The highest BCUT2D eigenvalue weighted by Gasteiger charge is 2.32. The normalized spacial score (nSPS) is 12.0. The second kappa shape index (κ2) is 9.38. The highest BCUT2D eigenvalue weighted by molar-refractivity contribution is 7.80. The number of benzene rings is 1. The van der Waals surface area contributed by atoms with Crippen LogP contribution in [0.1, 0.15) is 33.3 Å². The van der Waals surface area contributed by atoms with Crippen LogP contribution in [-0.2, 0) is 16.0 Å². The Hall–Kier alpha value is -2.35. The lowest BCUT2D eigenvalue weighted by Crippen LogP contribution is -2.48. The molecule has 0 heterocycles. The van der Waals surface area contributed by atoms with Crippen LogP contribution in [-0.4, -0.2) is 52.4 Å². The topological polar surface area (TPSA) is 90.9 Å². The molecular formula is C18H27N3O4S. The van der Waals surface area contributed by atoms with Crippen molar-refractivity contribution >= 4 is 35.1 Å². The van der Waals surface area contributed by atoms with Crippen LogP contribution in [0.25, 0.3) is 0 Å². The Morgan fingerprint density at radius 3 is 2.42 bits per heavy atom. The second-order valence-electron chi connectivity index (χ2n) is 6.69. The number of amides is 1. The Labute approximate surface area is 159 Å². The quantitative estimate of drug-likeness (QED) is 0.653. The van der Waals surface area contributed by atoms with E-state index in [4.69, 9.17) is 17.0 Å². The monoisotopic (exact) mass is 381 g/mol. The number of para-hydroxylation sites is 1. The van der Waals surface area contributed by atoms with Gasteiger partial charge in [0.15, 0.2) is 5.11 Å². The van der Waals surface area contributed by atoms with E-state index in [2.05, 4.69) is 10.6 Å². The van der Waals surface area contributed by atoms with E-state index >= 15 is 0 Å². The van der Waals surface area contributed by atoms with Crippen molar-refractivity contribution in [3.63, 3.8) is 0 Å². The van der Waals surface area contributed by atoms with Crippen molar-refractivity contribution in [2.24, 2.45) is 0 Å². The lowest BCUT2D eigenvalue weighted by atomic mass is 10.0. The van der Waals surface area contributed by atoms with E-state index < -0.39 is 23.7 Å². The molecule has 7 nitrogen and oxygen atoms in total. The number of thiocarbonyl (C=S) groups is 1. The largest absolute Gasteiger partial charge is 0.480 e. The van der Waals surface area contributed by atoms with E-state index in [0.717, 1.165) is 5.56 Å². The van der Waals surface area contributed by atoms with Gasteiger partial charge in [0.1, 0.15) is 11.6 Å². The van der Waals surface area contributed by atoms with Gasteiger partial charge < -0.3 is 20.5 Å². The van der Waals surface area contributed by atoms with Crippen LogP contribution in [0.15, 0.2) is 24.3 Å². The van der Waals surface area contributed by atoms with Gasteiger partial charge in [-0.3, -0.25) is 4.90 Å². The predicted octanol–water partition coefficient (Wildman–Crippen LogP) is 2.86. The molecule has 8 heteroatoms. The minimum atomic E-state index is -1.09. The molecule has 0 bridgehead atoms. The number of hydrogen-bond acceptors (Lipinski definition) is 4. The zero-order valence-corrected chi connectivity index (χ0v) is 16.6. The molecule has 26 heavy (non-hydrogen) atoms. The molecule has 0 fully saturated rings. The van der Waals surface area contributed by atoms with Gasteiger partial charge >= 0.3 is 12.1 Å². The fourth-order valence-corrected chi connectivity index (χ4v) is 2.45. The van der Waals surface area contributed by atoms with Crippen LogP contribution in [0.4, 0.5) is 10.5 Å². The highest BCUT2D eigenvalue weighted by Crippen LogP contribution is 2.20. The van der Waals surface area contributed by atoms with E-state index in [-0.39, 0.29) is 13.0 Å². The molecular weight excluding hydrogens is 354 g/mol. The van der Waals surface area contributed by atoms with Crippen LogP contribution in [0.3, 0.4) is 0 Å². The molecule has 0 saturated heterocycles. The SMILES string of the molecule is CCN(C(=O)OC(C)(C)C)C(Cc1ccccc1NC(=S)NC)C(=O)O. The molecule has 1 atom stereocenters. The number of carbonyl (C=O) groups is 2. The predicted molar refractivity (Wildman–Crippen MR) is 105 cm³/mol. The first-order valence-corrected chi connectivity index (χ1v) is 8.79. The van der Waals surface area contributed by atoms with Crippen molar-refractivity contribution in [2.75, 3.05) is 18.9 Å². The summed E-state index contributed by atoms with van der Waals surface area (Å²) in [4.78, 5) is 25.5. The maximum Gasteiger partial charge on any atom is 0.411 e. The van der Waals surface area contributed by atoms with Crippen LogP contribution in [0.2, 0.25) is 0 Å². The summed E-state index contributed by atoms with van der Waals surface area (Å²) in [7, 11) is 1.69. The van der Waals surface area contributed by atoms with E-state index in [9.17, 15) is 14.7 Å². The zero-order chi connectivity index (χ0) is 19.9. The van der Waals surface area contributed by atoms with Gasteiger partial charge in [0.05, 0.1) is 0 Å². The van der Waals surface area contributed by atoms with E-state index in [1.807, 2.05) is 18.2 Å². The van der Waals surface area contributed by atoms with Crippen molar-refractivity contribution in [1.29, 1.82) is 0 Å². The van der Waals surface area contributed by atoms with Crippen LogP contribution in [0.5, 0.6) is 0 Å². The number of ether oxygens (including phenoxy) is 1. The smallest absolute Gasteiger partial charge is 0.411 e. The molecule has 3 N–H and O–H groups in total. The summed E-state index contributed by atoms with van der Waals surface area (Å²) in [6, 6.07) is 6.19. The van der Waals surface area contributed by atoms with Crippen molar-refractivity contribution in [2.45, 2.75) is 45.8 Å². The lowest BCUT2D eigenvalue weighted by Gasteiger charge is -2.31. The van der Waals surface area contributed by atoms with Gasteiger partial charge in [-0.05, 0) is 51.5 Å². The summed E-state index contributed by atoms with van der Waals surface area (Å²) >= 11 is 5.11. The number of nitrogens with one attached hydrogen (secondary N) is 2.